The molecule has 1 heterocycles. The Hall–Kier alpha value is -2.37. The summed E-state index contributed by atoms with van der Waals surface area (Å²) < 4.78 is 14.3. The van der Waals surface area contributed by atoms with Gasteiger partial charge in [0, 0.05) is 17.4 Å². The van der Waals surface area contributed by atoms with Crippen LogP contribution in [0, 0.1) is 11.2 Å². The molecule has 0 saturated heterocycles. The molecular formula is C16H18FN3O2. The fourth-order valence-corrected chi connectivity index (χ4v) is 2.11. The number of benzene rings is 1. The van der Waals surface area contributed by atoms with Crippen LogP contribution in [0.1, 0.15) is 43.6 Å². The molecule has 0 aliphatic heterocycles. The Kier molecular flexibility index (Phi) is 4.49. The Balaban J connectivity index is 2.25. The number of hydrogen-bond donors (Lipinski definition) is 0. The minimum atomic E-state index is -0.722. The Bertz CT molecular complexity index is 658. The molecule has 6 heteroatoms. The highest BCUT2D eigenvalue weighted by atomic mass is 19.1. The molecule has 0 radical (unpaired) electrons. The van der Waals surface area contributed by atoms with Crippen LogP contribution in [0.2, 0.25) is 0 Å². The molecule has 0 amide bonds. The number of nitrogens with zero attached hydrogens (tertiary/aromatic N) is 3. The van der Waals surface area contributed by atoms with Crippen molar-refractivity contribution in [2.75, 3.05) is 0 Å². The van der Waals surface area contributed by atoms with Crippen molar-refractivity contribution in [3.63, 3.8) is 0 Å². The van der Waals surface area contributed by atoms with E-state index in [-0.39, 0.29) is 18.0 Å². The molecule has 1 aromatic carbocycles. The van der Waals surface area contributed by atoms with E-state index in [1.54, 1.807) is 20.8 Å². The highest BCUT2D eigenvalue weighted by Gasteiger charge is 2.33. The van der Waals surface area contributed by atoms with Crippen LogP contribution in [-0.2, 0) is 4.79 Å². The first-order valence-electron chi connectivity index (χ1n) is 6.96. The lowest BCUT2D eigenvalue weighted by atomic mass is 9.84. The van der Waals surface area contributed by atoms with Gasteiger partial charge in [-0.15, -0.1) is 0 Å². The lowest BCUT2D eigenvalue weighted by molar-refractivity contribution is -0.130. The average molecular weight is 303 g/mol. The summed E-state index contributed by atoms with van der Waals surface area (Å²) in [6.45, 7) is 5.38. The van der Waals surface area contributed by atoms with Crippen LogP contribution in [0.3, 0.4) is 0 Å². The van der Waals surface area contributed by atoms with Crippen LogP contribution in [-0.4, -0.2) is 26.3 Å². The van der Waals surface area contributed by atoms with Gasteiger partial charge in [0.2, 0.25) is 0 Å². The fraction of sp³-hybridized carbons (Fsp3) is 0.375. The smallest absolute Gasteiger partial charge is 0.165 e. The Morgan fingerprint density at radius 1 is 1.23 bits per heavy atom. The fourth-order valence-electron chi connectivity index (χ4n) is 2.11. The first kappa shape index (κ1) is 16.0. The molecule has 0 spiro atoms. The molecule has 5 nitrogen and oxygen atoms in total. The summed E-state index contributed by atoms with van der Waals surface area (Å²) in [6.07, 6.45) is 2.71. The number of ketones is 2. The molecular weight excluding hydrogens is 285 g/mol. The standard InChI is InChI=1S/C16H18FN3O2/c1-16(2,3)15(22)13(20-10-18-9-19-20)8-14(21)11-4-6-12(17)7-5-11/h4-7,9-10,13H,8H2,1-3H3. The maximum absolute atomic E-state index is 12.9. The van der Waals surface area contributed by atoms with Crippen LogP contribution < -0.4 is 0 Å². The number of carbonyl (C=O) groups excluding carboxylic acids is 2. The molecule has 0 aliphatic carbocycles. The molecule has 1 atom stereocenters. The summed E-state index contributed by atoms with van der Waals surface area (Å²) in [7, 11) is 0. The van der Waals surface area contributed by atoms with Crippen molar-refractivity contribution in [2.45, 2.75) is 33.2 Å². The largest absolute Gasteiger partial charge is 0.297 e. The zero-order valence-corrected chi connectivity index (χ0v) is 12.8. The molecule has 1 unspecified atom stereocenters. The molecule has 2 rings (SSSR count). The third kappa shape index (κ3) is 3.63. The van der Waals surface area contributed by atoms with E-state index in [0.29, 0.717) is 5.56 Å². The van der Waals surface area contributed by atoms with Crippen LogP contribution in [0.4, 0.5) is 4.39 Å². The monoisotopic (exact) mass is 303 g/mol. The van der Waals surface area contributed by atoms with E-state index in [9.17, 15) is 14.0 Å². The quantitative estimate of drug-likeness (QED) is 0.797. The van der Waals surface area contributed by atoms with Gasteiger partial charge < -0.3 is 0 Å². The van der Waals surface area contributed by atoms with Gasteiger partial charge in [0.05, 0.1) is 0 Å². The first-order valence-corrected chi connectivity index (χ1v) is 6.96. The lowest BCUT2D eigenvalue weighted by Crippen LogP contribution is -2.32. The number of Topliss-reactive ketones (excluding diaryl/α,β-unsaturated/α-hetero) is 2. The molecule has 2 aromatic rings. The van der Waals surface area contributed by atoms with Gasteiger partial charge in [0.15, 0.2) is 11.6 Å². The van der Waals surface area contributed by atoms with Gasteiger partial charge in [-0.2, -0.15) is 5.10 Å². The highest BCUT2D eigenvalue weighted by molar-refractivity contribution is 6.00. The summed E-state index contributed by atoms with van der Waals surface area (Å²) in [5, 5.41) is 3.98. The van der Waals surface area contributed by atoms with Crippen molar-refractivity contribution in [1.82, 2.24) is 14.8 Å². The predicted molar refractivity (Wildman–Crippen MR) is 78.9 cm³/mol. The van der Waals surface area contributed by atoms with Crippen molar-refractivity contribution < 1.29 is 14.0 Å². The Labute approximate surface area is 128 Å². The second-order valence-corrected chi connectivity index (χ2v) is 6.14. The summed E-state index contributed by atoms with van der Waals surface area (Å²) in [6, 6.07) is 4.56. The molecule has 22 heavy (non-hydrogen) atoms. The highest BCUT2D eigenvalue weighted by Crippen LogP contribution is 2.26. The maximum Gasteiger partial charge on any atom is 0.165 e. The van der Waals surface area contributed by atoms with E-state index in [1.165, 1.54) is 41.6 Å². The molecule has 0 N–H and O–H groups in total. The zero-order chi connectivity index (χ0) is 16.3. The molecule has 116 valence electrons. The van der Waals surface area contributed by atoms with Crippen LogP contribution in [0.5, 0.6) is 0 Å². The number of carbonyl (C=O) groups is 2. The summed E-state index contributed by atoms with van der Waals surface area (Å²) in [5.41, 5.74) is -0.243. The summed E-state index contributed by atoms with van der Waals surface area (Å²) in [4.78, 5) is 28.8. The minimum absolute atomic E-state index is 0.0366. The van der Waals surface area contributed by atoms with Gasteiger partial charge in [-0.1, -0.05) is 20.8 Å². The normalized spacial score (nSPS) is 12.9. The number of aromatic nitrogens is 3. The molecule has 0 fully saturated rings. The van der Waals surface area contributed by atoms with E-state index in [2.05, 4.69) is 10.1 Å². The van der Waals surface area contributed by atoms with Gasteiger partial charge in [-0.25, -0.2) is 14.1 Å². The minimum Gasteiger partial charge on any atom is -0.297 e. The van der Waals surface area contributed by atoms with Crippen molar-refractivity contribution >= 4 is 11.6 Å². The lowest BCUT2D eigenvalue weighted by Gasteiger charge is -2.24. The van der Waals surface area contributed by atoms with Gasteiger partial charge in [-0.3, -0.25) is 9.59 Å². The van der Waals surface area contributed by atoms with Gasteiger partial charge in [0.1, 0.15) is 24.5 Å². The zero-order valence-electron chi connectivity index (χ0n) is 12.8. The first-order chi connectivity index (χ1) is 10.3. The van der Waals surface area contributed by atoms with E-state index in [4.69, 9.17) is 0 Å². The van der Waals surface area contributed by atoms with E-state index < -0.39 is 17.3 Å². The molecule has 1 aromatic heterocycles. The summed E-state index contributed by atoms with van der Waals surface area (Å²) >= 11 is 0. The summed E-state index contributed by atoms with van der Waals surface area (Å²) in [5.74, 6) is -0.748. The Morgan fingerprint density at radius 3 is 2.36 bits per heavy atom. The average Bonchev–Trinajstić information content (AvgIpc) is 2.97. The Morgan fingerprint density at radius 2 is 1.86 bits per heavy atom. The van der Waals surface area contributed by atoms with Crippen LogP contribution in [0.25, 0.3) is 0 Å². The molecule has 0 bridgehead atoms. The predicted octanol–water partition coefficient (Wildman–Crippen LogP) is 2.85. The third-order valence-electron chi connectivity index (χ3n) is 3.34. The maximum atomic E-state index is 12.9. The number of rotatable bonds is 5. The second kappa shape index (κ2) is 6.17. The van der Waals surface area contributed by atoms with Crippen molar-refractivity contribution in [3.05, 3.63) is 48.3 Å². The van der Waals surface area contributed by atoms with Crippen LogP contribution >= 0.6 is 0 Å². The van der Waals surface area contributed by atoms with E-state index in [1.807, 2.05) is 0 Å². The van der Waals surface area contributed by atoms with Gasteiger partial charge >= 0.3 is 0 Å². The van der Waals surface area contributed by atoms with Gasteiger partial charge in [0.25, 0.3) is 0 Å². The van der Waals surface area contributed by atoms with Crippen LogP contribution in [0.15, 0.2) is 36.9 Å². The molecule has 0 aliphatic rings. The van der Waals surface area contributed by atoms with Crippen molar-refractivity contribution in [2.24, 2.45) is 5.41 Å². The molecule has 0 saturated carbocycles. The van der Waals surface area contributed by atoms with Gasteiger partial charge in [-0.05, 0) is 24.3 Å². The van der Waals surface area contributed by atoms with E-state index >= 15 is 0 Å². The third-order valence-corrected chi connectivity index (χ3v) is 3.34. The second-order valence-electron chi connectivity index (χ2n) is 6.14. The van der Waals surface area contributed by atoms with E-state index in [0.717, 1.165) is 0 Å². The number of halogens is 1. The van der Waals surface area contributed by atoms with Crippen molar-refractivity contribution in [3.8, 4) is 0 Å². The number of hydrogen-bond acceptors (Lipinski definition) is 4. The van der Waals surface area contributed by atoms with Crippen molar-refractivity contribution in [1.29, 1.82) is 0 Å². The topological polar surface area (TPSA) is 64.8 Å². The SMILES string of the molecule is CC(C)(C)C(=O)C(CC(=O)c1ccc(F)cc1)n1cncn1.